The zero-order valence-corrected chi connectivity index (χ0v) is 15.1. The molecule has 4 heteroatoms. The first-order chi connectivity index (χ1) is 12.6. The normalized spacial score (nSPS) is 21.7. The number of hydrogen-bond donors (Lipinski definition) is 1. The minimum Gasteiger partial charge on any atom is -0.338 e. The molecule has 26 heavy (non-hydrogen) atoms. The summed E-state index contributed by atoms with van der Waals surface area (Å²) < 4.78 is 0. The van der Waals surface area contributed by atoms with Gasteiger partial charge in [0.25, 0.3) is 0 Å². The lowest BCUT2D eigenvalue weighted by atomic mass is 10.1. The van der Waals surface area contributed by atoms with Gasteiger partial charge in [-0.1, -0.05) is 42.0 Å². The summed E-state index contributed by atoms with van der Waals surface area (Å²) in [6.45, 7) is 3.53. The van der Waals surface area contributed by atoms with Crippen molar-refractivity contribution in [3.8, 4) is 0 Å². The number of likely N-dealkylation sites (tertiary alicyclic amines) is 1. The Bertz CT molecular complexity index is 846. The Labute approximate surface area is 154 Å². The lowest BCUT2D eigenvalue weighted by molar-refractivity contribution is -0.128. The van der Waals surface area contributed by atoms with Gasteiger partial charge in [0.15, 0.2) is 0 Å². The summed E-state index contributed by atoms with van der Waals surface area (Å²) in [6, 6.07) is 16.3. The molecule has 1 heterocycles. The van der Waals surface area contributed by atoms with Crippen LogP contribution < -0.4 is 5.32 Å². The molecule has 2 unspecified atom stereocenters. The van der Waals surface area contributed by atoms with E-state index in [1.807, 2.05) is 29.2 Å². The predicted molar refractivity (Wildman–Crippen MR) is 102 cm³/mol. The van der Waals surface area contributed by atoms with E-state index in [4.69, 9.17) is 0 Å². The highest BCUT2D eigenvalue weighted by Crippen LogP contribution is 2.48. The first-order valence-corrected chi connectivity index (χ1v) is 9.34. The van der Waals surface area contributed by atoms with Gasteiger partial charge in [-0.25, -0.2) is 0 Å². The van der Waals surface area contributed by atoms with Crippen LogP contribution in [0.3, 0.4) is 0 Å². The van der Waals surface area contributed by atoms with E-state index in [0.29, 0.717) is 18.9 Å². The van der Waals surface area contributed by atoms with E-state index in [2.05, 4.69) is 36.5 Å². The third-order valence-electron chi connectivity index (χ3n) is 5.34. The molecule has 0 aromatic heterocycles. The summed E-state index contributed by atoms with van der Waals surface area (Å²) in [5.74, 6) is 0.699. The summed E-state index contributed by atoms with van der Waals surface area (Å²) >= 11 is 0. The van der Waals surface area contributed by atoms with Crippen LogP contribution in [0.25, 0.3) is 0 Å². The van der Waals surface area contributed by atoms with Crippen molar-refractivity contribution in [2.24, 2.45) is 5.92 Å². The van der Waals surface area contributed by atoms with Gasteiger partial charge in [0.05, 0.1) is 0 Å². The number of anilines is 1. The molecule has 2 aromatic carbocycles. The van der Waals surface area contributed by atoms with Gasteiger partial charge in [-0.05, 0) is 48.9 Å². The Kier molecular flexibility index (Phi) is 4.49. The average Bonchev–Trinajstić information content (AvgIpc) is 3.33. The SMILES string of the molecule is Cc1cccc(C2CC2C(=O)Nc2cccc(CN3CCCC3=O)c2)c1. The molecule has 4 rings (SSSR count). The number of nitrogens with one attached hydrogen (secondary N) is 1. The second-order valence-electron chi connectivity index (χ2n) is 7.47. The van der Waals surface area contributed by atoms with E-state index < -0.39 is 0 Å². The van der Waals surface area contributed by atoms with E-state index in [0.717, 1.165) is 30.6 Å². The molecule has 1 N–H and O–H groups in total. The molecule has 0 spiro atoms. The minimum atomic E-state index is 0.0561. The van der Waals surface area contributed by atoms with Crippen molar-refractivity contribution in [2.75, 3.05) is 11.9 Å². The quantitative estimate of drug-likeness (QED) is 0.892. The third-order valence-corrected chi connectivity index (χ3v) is 5.34. The molecule has 2 aliphatic rings. The van der Waals surface area contributed by atoms with Gasteiger partial charge in [-0.15, -0.1) is 0 Å². The van der Waals surface area contributed by atoms with Crippen LogP contribution in [0.2, 0.25) is 0 Å². The molecule has 1 saturated heterocycles. The van der Waals surface area contributed by atoms with Crippen LogP contribution in [0, 0.1) is 12.8 Å². The maximum absolute atomic E-state index is 12.6. The number of carbonyl (C=O) groups excluding carboxylic acids is 2. The maximum atomic E-state index is 12.6. The lowest BCUT2D eigenvalue weighted by Crippen LogP contribution is -2.23. The smallest absolute Gasteiger partial charge is 0.228 e. The third kappa shape index (κ3) is 3.64. The molecule has 1 aliphatic carbocycles. The van der Waals surface area contributed by atoms with Crippen molar-refractivity contribution in [3.63, 3.8) is 0 Å². The Hall–Kier alpha value is -2.62. The van der Waals surface area contributed by atoms with Gasteiger partial charge in [0.1, 0.15) is 0 Å². The van der Waals surface area contributed by atoms with Gasteiger partial charge < -0.3 is 10.2 Å². The van der Waals surface area contributed by atoms with Gasteiger partial charge in [-0.3, -0.25) is 9.59 Å². The van der Waals surface area contributed by atoms with Gasteiger partial charge in [0.2, 0.25) is 11.8 Å². The van der Waals surface area contributed by atoms with Crippen molar-refractivity contribution in [2.45, 2.75) is 38.6 Å². The number of hydrogen-bond acceptors (Lipinski definition) is 2. The maximum Gasteiger partial charge on any atom is 0.228 e. The van der Waals surface area contributed by atoms with E-state index in [-0.39, 0.29) is 17.7 Å². The fourth-order valence-electron chi connectivity index (χ4n) is 3.83. The van der Waals surface area contributed by atoms with E-state index >= 15 is 0 Å². The molecule has 2 atom stereocenters. The molecule has 0 bridgehead atoms. The highest BCUT2D eigenvalue weighted by molar-refractivity contribution is 5.95. The van der Waals surface area contributed by atoms with Crippen LogP contribution in [0.5, 0.6) is 0 Å². The summed E-state index contributed by atoms with van der Waals surface area (Å²) in [7, 11) is 0. The topological polar surface area (TPSA) is 49.4 Å². The zero-order chi connectivity index (χ0) is 18.1. The Morgan fingerprint density at radius 3 is 2.81 bits per heavy atom. The number of carbonyl (C=O) groups is 2. The highest BCUT2D eigenvalue weighted by atomic mass is 16.2. The largest absolute Gasteiger partial charge is 0.338 e. The fourth-order valence-corrected chi connectivity index (χ4v) is 3.83. The Morgan fingerprint density at radius 2 is 2.04 bits per heavy atom. The van der Waals surface area contributed by atoms with Crippen LogP contribution in [-0.2, 0) is 16.1 Å². The second-order valence-corrected chi connectivity index (χ2v) is 7.47. The first-order valence-electron chi connectivity index (χ1n) is 9.34. The van der Waals surface area contributed by atoms with Gasteiger partial charge in [0, 0.05) is 31.1 Å². The Morgan fingerprint density at radius 1 is 1.19 bits per heavy atom. The molecule has 1 saturated carbocycles. The number of nitrogens with zero attached hydrogens (tertiary/aromatic N) is 1. The van der Waals surface area contributed by atoms with Crippen molar-refractivity contribution < 1.29 is 9.59 Å². The number of benzene rings is 2. The monoisotopic (exact) mass is 348 g/mol. The summed E-state index contributed by atoms with van der Waals surface area (Å²) in [5.41, 5.74) is 4.36. The molecular weight excluding hydrogens is 324 g/mol. The molecule has 2 amide bonds. The molecule has 2 aromatic rings. The van der Waals surface area contributed by atoms with E-state index in [9.17, 15) is 9.59 Å². The summed E-state index contributed by atoms with van der Waals surface area (Å²) in [6.07, 6.45) is 2.51. The molecule has 0 radical (unpaired) electrons. The number of aryl methyl sites for hydroxylation is 1. The zero-order valence-electron chi connectivity index (χ0n) is 15.1. The van der Waals surface area contributed by atoms with Crippen LogP contribution >= 0.6 is 0 Å². The average molecular weight is 348 g/mol. The van der Waals surface area contributed by atoms with Gasteiger partial charge >= 0.3 is 0 Å². The van der Waals surface area contributed by atoms with Crippen LogP contribution in [0.15, 0.2) is 48.5 Å². The van der Waals surface area contributed by atoms with Crippen molar-refractivity contribution in [1.29, 1.82) is 0 Å². The number of amides is 2. The van der Waals surface area contributed by atoms with E-state index in [1.54, 1.807) is 0 Å². The molecule has 4 nitrogen and oxygen atoms in total. The second kappa shape index (κ2) is 6.94. The molecular formula is C22H24N2O2. The van der Waals surface area contributed by atoms with E-state index in [1.165, 1.54) is 11.1 Å². The highest BCUT2D eigenvalue weighted by Gasteiger charge is 2.43. The van der Waals surface area contributed by atoms with Gasteiger partial charge in [-0.2, -0.15) is 0 Å². The standard InChI is InChI=1S/C22H24N2O2/c1-15-5-2-7-17(11-15)19-13-20(19)22(26)23-18-8-3-6-16(12-18)14-24-10-4-9-21(24)25/h2-3,5-8,11-12,19-20H,4,9-10,13-14H2,1H3,(H,23,26). The van der Waals surface area contributed by atoms with Crippen molar-refractivity contribution in [3.05, 3.63) is 65.2 Å². The number of rotatable bonds is 5. The summed E-state index contributed by atoms with van der Waals surface area (Å²) in [5, 5.41) is 3.05. The molecule has 2 fully saturated rings. The van der Waals surface area contributed by atoms with Crippen LogP contribution in [0.1, 0.15) is 41.9 Å². The van der Waals surface area contributed by atoms with Crippen molar-refractivity contribution >= 4 is 17.5 Å². The fraction of sp³-hybridized carbons (Fsp3) is 0.364. The van der Waals surface area contributed by atoms with Crippen LogP contribution in [-0.4, -0.2) is 23.3 Å². The van der Waals surface area contributed by atoms with Crippen LogP contribution in [0.4, 0.5) is 5.69 Å². The first kappa shape index (κ1) is 16.8. The minimum absolute atomic E-state index is 0.0561. The summed E-state index contributed by atoms with van der Waals surface area (Å²) in [4.78, 5) is 26.3. The molecule has 134 valence electrons. The Balaban J connectivity index is 1.38. The predicted octanol–water partition coefficient (Wildman–Crippen LogP) is 3.86. The lowest BCUT2D eigenvalue weighted by Gasteiger charge is -2.16. The molecule has 1 aliphatic heterocycles. The van der Waals surface area contributed by atoms with Crippen molar-refractivity contribution in [1.82, 2.24) is 4.90 Å².